The molecule has 0 unspecified atom stereocenters. The quantitative estimate of drug-likeness (QED) is 0.577. The molecule has 8 nitrogen and oxygen atoms in total. The number of carbonyl (C=O) groups excluding carboxylic acids is 1. The van der Waals surface area contributed by atoms with Crippen LogP contribution in [0.15, 0.2) is 65.5 Å². The van der Waals surface area contributed by atoms with Gasteiger partial charge >= 0.3 is 0 Å². The number of methoxy groups -OCH3 is 2. The highest BCUT2D eigenvalue weighted by atomic mass is 16.5. The van der Waals surface area contributed by atoms with E-state index in [2.05, 4.69) is 10.00 Å². The lowest BCUT2D eigenvalue weighted by Crippen LogP contribution is -2.36. The van der Waals surface area contributed by atoms with Crippen molar-refractivity contribution in [2.45, 2.75) is 12.8 Å². The fourth-order valence-electron chi connectivity index (χ4n) is 4.00. The molecule has 0 spiro atoms. The highest BCUT2D eigenvalue weighted by Crippen LogP contribution is 2.28. The van der Waals surface area contributed by atoms with Crippen molar-refractivity contribution < 1.29 is 14.3 Å². The van der Waals surface area contributed by atoms with Crippen LogP contribution in [0.5, 0.6) is 11.5 Å². The third kappa shape index (κ3) is 5.16. The van der Waals surface area contributed by atoms with Crippen LogP contribution in [-0.2, 0) is 11.2 Å². The van der Waals surface area contributed by atoms with E-state index in [1.54, 1.807) is 26.4 Å². The van der Waals surface area contributed by atoms with E-state index in [1.165, 1.54) is 4.68 Å². The minimum Gasteiger partial charge on any atom is -0.493 e. The summed E-state index contributed by atoms with van der Waals surface area (Å²) < 4.78 is 12.0. The molecule has 3 aromatic rings. The Morgan fingerprint density at radius 2 is 1.70 bits per heavy atom. The topological polar surface area (TPSA) is 76.9 Å². The summed E-state index contributed by atoms with van der Waals surface area (Å²) in [5, 5.41) is 4.58. The zero-order chi connectivity index (χ0) is 23.2. The molecular formula is C25H28N4O4. The van der Waals surface area contributed by atoms with Gasteiger partial charge in [-0.1, -0.05) is 24.3 Å². The fraction of sp³-hybridized carbons (Fsp3) is 0.320. The average molecular weight is 449 g/mol. The summed E-state index contributed by atoms with van der Waals surface area (Å²) in [7, 11) is 3.17. The van der Waals surface area contributed by atoms with Gasteiger partial charge in [-0.15, -0.1) is 5.10 Å². The number of hydrogen-bond acceptors (Lipinski definition) is 6. The molecule has 1 fully saturated rings. The fourth-order valence-corrected chi connectivity index (χ4v) is 4.00. The maximum Gasteiger partial charge on any atom is 0.271 e. The second kappa shape index (κ2) is 10.2. The minimum absolute atomic E-state index is 0.0753. The summed E-state index contributed by atoms with van der Waals surface area (Å²) >= 11 is 0. The van der Waals surface area contributed by atoms with E-state index in [4.69, 9.17) is 9.47 Å². The predicted octanol–water partition coefficient (Wildman–Crippen LogP) is 2.53. The lowest BCUT2D eigenvalue weighted by atomic mass is 10.1. The molecule has 1 aromatic heterocycles. The van der Waals surface area contributed by atoms with Gasteiger partial charge in [-0.25, -0.2) is 0 Å². The third-order valence-corrected chi connectivity index (χ3v) is 5.76. The van der Waals surface area contributed by atoms with Gasteiger partial charge in [0.2, 0.25) is 5.91 Å². The molecule has 0 N–H and O–H groups in total. The molecule has 4 rings (SSSR count). The Hall–Kier alpha value is -3.81. The van der Waals surface area contributed by atoms with E-state index in [9.17, 15) is 9.59 Å². The number of anilines is 1. The number of hydrogen-bond donors (Lipinski definition) is 0. The van der Waals surface area contributed by atoms with Gasteiger partial charge in [0.15, 0.2) is 11.5 Å². The molecule has 0 saturated carbocycles. The van der Waals surface area contributed by atoms with Gasteiger partial charge in [0, 0.05) is 32.2 Å². The Labute approximate surface area is 193 Å². The number of ether oxygens (including phenoxy) is 2. The first-order chi connectivity index (χ1) is 16.1. The van der Waals surface area contributed by atoms with Crippen molar-refractivity contribution in [3.63, 3.8) is 0 Å². The molecule has 0 radical (unpaired) electrons. The van der Waals surface area contributed by atoms with Crippen molar-refractivity contribution in [1.82, 2.24) is 14.7 Å². The zero-order valence-corrected chi connectivity index (χ0v) is 18.9. The van der Waals surface area contributed by atoms with Crippen LogP contribution in [0.25, 0.3) is 5.69 Å². The van der Waals surface area contributed by atoms with Crippen LogP contribution >= 0.6 is 0 Å². The van der Waals surface area contributed by atoms with Crippen LogP contribution < -0.4 is 19.9 Å². The molecule has 1 saturated heterocycles. The van der Waals surface area contributed by atoms with E-state index in [0.717, 1.165) is 30.0 Å². The normalized spacial score (nSPS) is 14.0. The number of benzene rings is 2. The monoisotopic (exact) mass is 448 g/mol. The molecule has 172 valence electrons. The third-order valence-electron chi connectivity index (χ3n) is 5.76. The van der Waals surface area contributed by atoms with E-state index < -0.39 is 0 Å². The number of carbonyl (C=O) groups is 1. The molecule has 33 heavy (non-hydrogen) atoms. The number of amides is 1. The van der Waals surface area contributed by atoms with Crippen LogP contribution in [-0.4, -0.2) is 61.0 Å². The van der Waals surface area contributed by atoms with Gasteiger partial charge in [0.1, 0.15) is 5.82 Å². The van der Waals surface area contributed by atoms with Crippen LogP contribution in [0.3, 0.4) is 0 Å². The number of nitrogens with zero attached hydrogens (tertiary/aromatic N) is 4. The van der Waals surface area contributed by atoms with E-state index in [1.807, 2.05) is 53.4 Å². The maximum atomic E-state index is 13.0. The van der Waals surface area contributed by atoms with Crippen molar-refractivity contribution in [2.24, 2.45) is 0 Å². The summed E-state index contributed by atoms with van der Waals surface area (Å²) in [5.41, 5.74) is 1.44. The zero-order valence-electron chi connectivity index (χ0n) is 18.9. The number of para-hydroxylation sites is 1. The number of aromatic nitrogens is 2. The molecule has 1 aliphatic rings. The van der Waals surface area contributed by atoms with Gasteiger partial charge < -0.3 is 19.3 Å². The summed E-state index contributed by atoms with van der Waals surface area (Å²) in [6.45, 7) is 2.69. The Kier molecular flexibility index (Phi) is 6.92. The van der Waals surface area contributed by atoms with Crippen molar-refractivity contribution in [1.29, 1.82) is 0 Å². The highest BCUT2D eigenvalue weighted by Gasteiger charge is 2.21. The van der Waals surface area contributed by atoms with Crippen molar-refractivity contribution in [2.75, 3.05) is 45.3 Å². The van der Waals surface area contributed by atoms with Crippen molar-refractivity contribution >= 4 is 11.7 Å². The second-order valence-corrected chi connectivity index (χ2v) is 7.86. The molecule has 2 aromatic carbocycles. The first-order valence-electron chi connectivity index (χ1n) is 11.0. The molecular weight excluding hydrogens is 420 g/mol. The van der Waals surface area contributed by atoms with Crippen LogP contribution in [0.1, 0.15) is 12.0 Å². The van der Waals surface area contributed by atoms with E-state index in [0.29, 0.717) is 37.6 Å². The van der Waals surface area contributed by atoms with Gasteiger partial charge in [-0.2, -0.15) is 4.68 Å². The Balaban J connectivity index is 1.44. The first kappa shape index (κ1) is 22.4. The van der Waals surface area contributed by atoms with E-state index in [-0.39, 0.29) is 11.5 Å². The van der Waals surface area contributed by atoms with Crippen molar-refractivity contribution in [3.05, 3.63) is 76.6 Å². The minimum atomic E-state index is -0.175. The van der Waals surface area contributed by atoms with Gasteiger partial charge in [-0.3, -0.25) is 9.59 Å². The largest absolute Gasteiger partial charge is 0.493 e. The number of rotatable bonds is 6. The molecule has 1 aliphatic heterocycles. The lowest BCUT2D eigenvalue weighted by Gasteiger charge is -2.23. The predicted molar refractivity (Wildman–Crippen MR) is 126 cm³/mol. The lowest BCUT2D eigenvalue weighted by molar-refractivity contribution is -0.130. The Bertz CT molecular complexity index is 1160. The smallest absolute Gasteiger partial charge is 0.271 e. The standard InChI is InChI=1S/C25H28N4O4/c1-32-21-10-9-19(17-22(21)33-2)18-25(31)28-14-6-13-27(15-16-28)23-11-12-24(30)29(26-23)20-7-4-3-5-8-20/h3-5,7-12,17H,6,13-16,18H2,1-2H3. The van der Waals surface area contributed by atoms with Gasteiger partial charge in [-0.05, 0) is 42.3 Å². The average Bonchev–Trinajstić information content (AvgIpc) is 3.11. The SMILES string of the molecule is COc1ccc(CC(=O)N2CCCN(c3ccc(=O)n(-c4ccccc4)n3)CC2)cc1OC. The van der Waals surface area contributed by atoms with E-state index >= 15 is 0 Å². The maximum absolute atomic E-state index is 13.0. The molecule has 0 aliphatic carbocycles. The van der Waals surface area contributed by atoms with Gasteiger partial charge in [0.25, 0.3) is 5.56 Å². The second-order valence-electron chi connectivity index (χ2n) is 7.86. The first-order valence-corrected chi connectivity index (χ1v) is 11.0. The molecule has 0 atom stereocenters. The summed E-state index contributed by atoms with van der Waals surface area (Å²) in [4.78, 5) is 29.3. The van der Waals surface area contributed by atoms with Gasteiger partial charge in [0.05, 0.1) is 26.3 Å². The molecule has 8 heteroatoms. The summed E-state index contributed by atoms with van der Waals surface area (Å²) in [5.74, 6) is 2.06. The molecule has 1 amide bonds. The summed E-state index contributed by atoms with van der Waals surface area (Å²) in [6.07, 6.45) is 1.13. The summed E-state index contributed by atoms with van der Waals surface area (Å²) in [6, 6.07) is 18.2. The Morgan fingerprint density at radius 1 is 0.909 bits per heavy atom. The Morgan fingerprint density at radius 3 is 2.45 bits per heavy atom. The highest BCUT2D eigenvalue weighted by molar-refractivity contribution is 5.79. The molecule has 0 bridgehead atoms. The van der Waals surface area contributed by atoms with Crippen molar-refractivity contribution in [3.8, 4) is 17.2 Å². The molecule has 2 heterocycles. The van der Waals surface area contributed by atoms with Crippen LogP contribution in [0, 0.1) is 0 Å². The van der Waals surface area contributed by atoms with Crippen LogP contribution in [0.4, 0.5) is 5.82 Å². The van der Waals surface area contributed by atoms with Crippen LogP contribution in [0.2, 0.25) is 0 Å².